The summed E-state index contributed by atoms with van der Waals surface area (Å²) >= 11 is 0. The Bertz CT molecular complexity index is 1460. The first-order valence-electron chi connectivity index (χ1n) is 19.7. The first-order chi connectivity index (χ1) is 25.1. The van der Waals surface area contributed by atoms with E-state index in [2.05, 4.69) is 59.7 Å². The molecule has 10 nitrogen and oxygen atoms in total. The Labute approximate surface area is 318 Å². The van der Waals surface area contributed by atoms with Gasteiger partial charge in [0.2, 0.25) is 11.8 Å². The second-order valence-electron chi connectivity index (χ2n) is 16.5. The molecule has 3 amide bonds. The molecule has 0 spiro atoms. The Morgan fingerprint density at radius 2 is 1.57 bits per heavy atom. The molecule has 292 valence electrons. The molecule has 4 unspecified atom stereocenters. The number of nitrogens with zero attached hydrogens (tertiary/aromatic N) is 2. The van der Waals surface area contributed by atoms with Crippen molar-refractivity contribution in [3.8, 4) is 0 Å². The maximum absolute atomic E-state index is 14.2. The lowest BCUT2D eigenvalue weighted by molar-refractivity contribution is -0.141. The van der Waals surface area contributed by atoms with Gasteiger partial charge in [0.15, 0.2) is 0 Å². The van der Waals surface area contributed by atoms with Gasteiger partial charge in [0.25, 0.3) is 0 Å². The van der Waals surface area contributed by atoms with Crippen molar-refractivity contribution in [2.75, 3.05) is 33.7 Å². The standard InChI is InChI=1S/C43H66N6O4/c1-29(44-28-36(32(4)48(8)9)34-20-12-10-13-21-34)27-45-31(3)30(2)37(26-33-18-16-19-33)46-40(50)38-24-17-25-49(38)41(51)39(35-22-14-11-15-23-35)47-42(52)53-43(5,6)7/h10,12-13,20-21,33,35-39,44-45H,1-4,11,14-19,22-28H2,5-9H3,(H,46,50)(H,47,52). The van der Waals surface area contributed by atoms with Crippen LogP contribution in [0.4, 0.5) is 4.79 Å². The zero-order chi connectivity index (χ0) is 38.7. The van der Waals surface area contributed by atoms with Gasteiger partial charge >= 0.3 is 6.09 Å². The van der Waals surface area contributed by atoms with Crippen molar-refractivity contribution in [3.05, 3.63) is 84.9 Å². The smallest absolute Gasteiger partial charge is 0.408 e. The van der Waals surface area contributed by atoms with E-state index in [9.17, 15) is 14.4 Å². The molecule has 1 aliphatic heterocycles. The number of alkyl carbamates (subject to hydrolysis) is 1. The molecule has 0 radical (unpaired) electrons. The van der Waals surface area contributed by atoms with Crippen LogP contribution in [0.3, 0.4) is 0 Å². The minimum absolute atomic E-state index is 0.00823. The van der Waals surface area contributed by atoms with E-state index in [-0.39, 0.29) is 29.7 Å². The fourth-order valence-electron chi connectivity index (χ4n) is 7.65. The number of benzene rings is 1. The highest BCUT2D eigenvalue weighted by atomic mass is 16.6. The SMILES string of the molecule is C=C(CNC(=C)C(=C)C(CC1CCC1)NC(=O)C1CCCN1C(=O)C(NC(=O)OC(C)(C)C)C1CCCCC1)NCC(C(=C)N(C)C)c1ccccc1. The highest BCUT2D eigenvalue weighted by Gasteiger charge is 2.42. The average Bonchev–Trinajstić information content (AvgIpc) is 3.60. The molecule has 1 saturated heterocycles. The third-order valence-electron chi connectivity index (χ3n) is 11.1. The Morgan fingerprint density at radius 1 is 0.887 bits per heavy atom. The molecule has 10 heteroatoms. The van der Waals surface area contributed by atoms with Gasteiger partial charge in [-0.2, -0.15) is 0 Å². The van der Waals surface area contributed by atoms with Crippen LogP contribution < -0.4 is 21.3 Å². The average molecular weight is 731 g/mol. The van der Waals surface area contributed by atoms with Crippen molar-refractivity contribution in [1.29, 1.82) is 0 Å². The molecule has 1 aromatic rings. The molecule has 3 fully saturated rings. The van der Waals surface area contributed by atoms with Gasteiger partial charge in [0, 0.05) is 50.2 Å². The van der Waals surface area contributed by atoms with Crippen LogP contribution in [0.15, 0.2) is 79.3 Å². The van der Waals surface area contributed by atoms with Crippen LogP contribution in [0.2, 0.25) is 0 Å². The molecule has 0 aromatic heterocycles. The highest BCUT2D eigenvalue weighted by Crippen LogP contribution is 2.33. The number of likely N-dealkylation sites (N-methyl/N-ethyl adjacent to an activating group) is 1. The summed E-state index contributed by atoms with van der Waals surface area (Å²) in [5, 5.41) is 13.1. The van der Waals surface area contributed by atoms with Gasteiger partial charge in [-0.25, -0.2) is 4.79 Å². The fraction of sp³-hybridized carbons (Fsp3) is 0.605. The Hall–Kier alpha value is -4.21. The van der Waals surface area contributed by atoms with Crippen LogP contribution in [-0.2, 0) is 14.3 Å². The molecule has 1 heterocycles. The summed E-state index contributed by atoms with van der Waals surface area (Å²) in [6.07, 6.45) is 9.75. The summed E-state index contributed by atoms with van der Waals surface area (Å²) in [5.41, 5.74) is 3.67. The Balaban J connectivity index is 1.38. The molecule has 3 aliphatic rings. The van der Waals surface area contributed by atoms with E-state index < -0.39 is 23.8 Å². The second kappa shape index (κ2) is 19.2. The third-order valence-corrected chi connectivity index (χ3v) is 11.1. The van der Waals surface area contributed by atoms with E-state index in [1.807, 2.05) is 58.0 Å². The van der Waals surface area contributed by atoms with Gasteiger partial charge in [-0.3, -0.25) is 9.59 Å². The predicted octanol–water partition coefficient (Wildman–Crippen LogP) is 6.75. The van der Waals surface area contributed by atoms with Gasteiger partial charge in [-0.15, -0.1) is 0 Å². The number of carbonyl (C=O) groups is 3. The molecule has 0 bridgehead atoms. The summed E-state index contributed by atoms with van der Waals surface area (Å²) < 4.78 is 5.56. The number of amides is 3. The van der Waals surface area contributed by atoms with Crippen molar-refractivity contribution in [3.63, 3.8) is 0 Å². The molecular formula is C43H66N6O4. The van der Waals surface area contributed by atoms with Crippen molar-refractivity contribution in [2.24, 2.45) is 11.8 Å². The lowest BCUT2D eigenvalue weighted by atomic mass is 9.79. The summed E-state index contributed by atoms with van der Waals surface area (Å²) in [6, 6.07) is 8.64. The van der Waals surface area contributed by atoms with Gasteiger partial charge in [-0.05, 0) is 75.8 Å². The van der Waals surface area contributed by atoms with Crippen molar-refractivity contribution < 1.29 is 19.1 Å². The highest BCUT2D eigenvalue weighted by molar-refractivity contribution is 5.92. The molecule has 4 N–H and O–H groups in total. The van der Waals surface area contributed by atoms with Crippen LogP contribution in [0.1, 0.15) is 103 Å². The van der Waals surface area contributed by atoms with E-state index in [1.54, 1.807) is 4.90 Å². The molecule has 2 saturated carbocycles. The summed E-state index contributed by atoms with van der Waals surface area (Å²) in [7, 11) is 4.01. The van der Waals surface area contributed by atoms with Crippen LogP contribution in [0.5, 0.6) is 0 Å². The molecule has 2 aliphatic carbocycles. The van der Waals surface area contributed by atoms with Crippen molar-refractivity contribution in [2.45, 2.75) is 121 Å². The largest absolute Gasteiger partial charge is 0.444 e. The number of ether oxygens (including phenoxy) is 1. The Morgan fingerprint density at radius 3 is 2.17 bits per heavy atom. The van der Waals surface area contributed by atoms with E-state index >= 15 is 0 Å². The zero-order valence-electron chi connectivity index (χ0n) is 33.1. The lowest BCUT2D eigenvalue weighted by Crippen LogP contribution is -2.57. The quantitative estimate of drug-likeness (QED) is 0.124. The first kappa shape index (κ1) is 41.5. The van der Waals surface area contributed by atoms with Crippen molar-refractivity contribution >= 4 is 17.9 Å². The number of likely N-dealkylation sites (tertiary alicyclic amines) is 1. The monoisotopic (exact) mass is 731 g/mol. The second-order valence-corrected chi connectivity index (χ2v) is 16.5. The number of rotatable bonds is 18. The number of nitrogens with one attached hydrogen (secondary N) is 4. The summed E-state index contributed by atoms with van der Waals surface area (Å²) in [6.45, 7) is 24.2. The van der Waals surface area contributed by atoms with Gasteiger partial charge in [0.1, 0.15) is 17.7 Å². The molecule has 1 aromatic carbocycles. The van der Waals surface area contributed by atoms with Crippen LogP contribution >= 0.6 is 0 Å². The van der Waals surface area contributed by atoms with E-state index in [0.29, 0.717) is 37.7 Å². The number of hydrogen-bond acceptors (Lipinski definition) is 7. The van der Waals surface area contributed by atoms with Gasteiger partial charge < -0.3 is 35.8 Å². The van der Waals surface area contributed by atoms with Crippen molar-refractivity contribution in [1.82, 2.24) is 31.1 Å². The van der Waals surface area contributed by atoms with Crippen LogP contribution in [-0.4, -0.2) is 85.2 Å². The van der Waals surface area contributed by atoms with Gasteiger partial charge in [0.05, 0.1) is 12.6 Å². The minimum Gasteiger partial charge on any atom is -0.444 e. The minimum atomic E-state index is -0.728. The normalized spacial score (nSPS) is 19.5. The third kappa shape index (κ3) is 12.2. The summed E-state index contributed by atoms with van der Waals surface area (Å²) in [5.74, 6) is 0.199. The molecule has 53 heavy (non-hydrogen) atoms. The molecular weight excluding hydrogens is 665 g/mol. The van der Waals surface area contributed by atoms with E-state index in [4.69, 9.17) is 4.74 Å². The molecule has 4 atom stereocenters. The lowest BCUT2D eigenvalue weighted by Gasteiger charge is -2.36. The fourth-order valence-corrected chi connectivity index (χ4v) is 7.65. The maximum Gasteiger partial charge on any atom is 0.408 e. The maximum atomic E-state index is 14.2. The van der Waals surface area contributed by atoms with E-state index in [1.165, 1.54) is 12.0 Å². The van der Waals surface area contributed by atoms with E-state index in [0.717, 1.165) is 74.8 Å². The number of carbonyl (C=O) groups excluding carboxylic acids is 3. The van der Waals surface area contributed by atoms with Gasteiger partial charge in [-0.1, -0.05) is 95.2 Å². The number of hydrogen-bond donors (Lipinski definition) is 4. The Kier molecular flexibility index (Phi) is 15.1. The first-order valence-corrected chi connectivity index (χ1v) is 19.7. The molecule has 4 rings (SSSR count). The van der Waals surface area contributed by atoms with Crippen LogP contribution in [0, 0.1) is 11.8 Å². The summed E-state index contributed by atoms with van der Waals surface area (Å²) in [4.78, 5) is 45.0. The topological polar surface area (TPSA) is 115 Å². The zero-order valence-corrected chi connectivity index (χ0v) is 33.1. The van der Waals surface area contributed by atoms with Crippen LogP contribution in [0.25, 0.3) is 0 Å². The predicted molar refractivity (Wildman–Crippen MR) is 214 cm³/mol.